The first kappa shape index (κ1) is 16.5. The van der Waals surface area contributed by atoms with Crippen LogP contribution in [0.25, 0.3) is 0 Å². The lowest BCUT2D eigenvalue weighted by atomic mass is 10.1. The molecule has 5 nitrogen and oxygen atoms in total. The van der Waals surface area contributed by atoms with Gasteiger partial charge in [0.2, 0.25) is 10.0 Å². The molecule has 0 bridgehead atoms. The second-order valence-corrected chi connectivity index (χ2v) is 6.92. The topological polar surface area (TPSA) is 66.5 Å². The van der Waals surface area contributed by atoms with Crippen molar-refractivity contribution < 1.29 is 13.2 Å². The van der Waals surface area contributed by atoms with Crippen LogP contribution in [0.3, 0.4) is 0 Å². The number of nitrogens with zero attached hydrogens (tertiary/aromatic N) is 1. The number of anilines is 1. The highest BCUT2D eigenvalue weighted by atomic mass is 32.2. The fourth-order valence-corrected chi connectivity index (χ4v) is 2.44. The number of carbonyl (C=O) groups is 1. The molecule has 0 aliphatic carbocycles. The van der Waals surface area contributed by atoms with Crippen LogP contribution in [0.15, 0.2) is 24.3 Å². The van der Waals surface area contributed by atoms with E-state index in [9.17, 15) is 13.2 Å². The third-order valence-corrected chi connectivity index (χ3v) is 4.28. The van der Waals surface area contributed by atoms with Crippen molar-refractivity contribution in [2.24, 2.45) is 0 Å². The highest BCUT2D eigenvalue weighted by Crippen LogP contribution is 2.21. The van der Waals surface area contributed by atoms with Gasteiger partial charge in [-0.15, -0.1) is 0 Å². The van der Waals surface area contributed by atoms with E-state index >= 15 is 0 Å². The molecule has 1 rings (SSSR count). The molecular formula is C14H22N2O3S. The molecule has 0 saturated carbocycles. The number of carbonyl (C=O) groups excluding carboxylic acids is 1. The van der Waals surface area contributed by atoms with Crippen LogP contribution >= 0.6 is 0 Å². The van der Waals surface area contributed by atoms with E-state index in [2.05, 4.69) is 5.32 Å². The van der Waals surface area contributed by atoms with Gasteiger partial charge in [-0.05, 0) is 25.5 Å². The van der Waals surface area contributed by atoms with Crippen molar-refractivity contribution in [2.75, 3.05) is 17.6 Å². The quantitative estimate of drug-likeness (QED) is 0.873. The van der Waals surface area contributed by atoms with Crippen LogP contribution < -0.4 is 9.62 Å². The predicted molar refractivity (Wildman–Crippen MR) is 81.5 cm³/mol. The lowest BCUT2D eigenvalue weighted by Crippen LogP contribution is -2.34. The fraction of sp³-hybridized carbons (Fsp3) is 0.500. The van der Waals surface area contributed by atoms with Crippen molar-refractivity contribution >= 4 is 21.6 Å². The van der Waals surface area contributed by atoms with Crippen LogP contribution in [0.1, 0.15) is 37.0 Å². The first-order chi connectivity index (χ1) is 9.27. The molecule has 0 aliphatic heterocycles. The Bertz CT molecular complexity index is 570. The van der Waals surface area contributed by atoms with Gasteiger partial charge in [0, 0.05) is 13.1 Å². The Morgan fingerprint density at radius 2 is 1.95 bits per heavy atom. The lowest BCUT2D eigenvalue weighted by molar-refractivity contribution is 0.0939. The standard InChI is InChI=1S/C14H22N2O3S/c1-5-8-11(2)15-14(17)12-9-6-7-10-13(12)16(3)20(4,18)19/h6-7,9-11H,5,8H2,1-4H3,(H,15,17)/t11-/m0/s1. The molecule has 0 heterocycles. The van der Waals surface area contributed by atoms with Crippen molar-refractivity contribution in [3.8, 4) is 0 Å². The summed E-state index contributed by atoms with van der Waals surface area (Å²) in [6.07, 6.45) is 2.98. The number of rotatable bonds is 6. The van der Waals surface area contributed by atoms with E-state index in [-0.39, 0.29) is 11.9 Å². The molecule has 0 spiro atoms. The molecule has 0 radical (unpaired) electrons. The van der Waals surface area contributed by atoms with Crippen LogP contribution in [0.2, 0.25) is 0 Å². The maximum atomic E-state index is 12.2. The summed E-state index contributed by atoms with van der Waals surface area (Å²) in [7, 11) is -1.96. The van der Waals surface area contributed by atoms with Crippen molar-refractivity contribution in [3.63, 3.8) is 0 Å². The molecule has 1 aromatic rings. The first-order valence-electron chi connectivity index (χ1n) is 6.61. The van der Waals surface area contributed by atoms with Crippen LogP contribution in [-0.2, 0) is 10.0 Å². The highest BCUT2D eigenvalue weighted by Gasteiger charge is 2.20. The van der Waals surface area contributed by atoms with Gasteiger partial charge in [-0.1, -0.05) is 25.5 Å². The maximum absolute atomic E-state index is 12.2. The molecule has 0 aliphatic rings. The summed E-state index contributed by atoms with van der Waals surface area (Å²) in [4.78, 5) is 12.2. The molecule has 0 saturated heterocycles. The van der Waals surface area contributed by atoms with E-state index in [4.69, 9.17) is 0 Å². The van der Waals surface area contributed by atoms with Crippen LogP contribution in [-0.4, -0.2) is 33.7 Å². The summed E-state index contributed by atoms with van der Waals surface area (Å²) >= 11 is 0. The average molecular weight is 298 g/mol. The van der Waals surface area contributed by atoms with Gasteiger partial charge < -0.3 is 5.32 Å². The van der Waals surface area contributed by atoms with Gasteiger partial charge in [-0.2, -0.15) is 0 Å². The molecule has 1 N–H and O–H groups in total. The van der Waals surface area contributed by atoms with Gasteiger partial charge in [0.05, 0.1) is 17.5 Å². The van der Waals surface area contributed by atoms with E-state index in [1.165, 1.54) is 7.05 Å². The summed E-state index contributed by atoms with van der Waals surface area (Å²) in [5.41, 5.74) is 0.750. The number of para-hydroxylation sites is 1. The third kappa shape index (κ3) is 4.23. The van der Waals surface area contributed by atoms with Gasteiger partial charge in [0.25, 0.3) is 5.91 Å². The predicted octanol–water partition coefficient (Wildman–Crippen LogP) is 2.00. The van der Waals surface area contributed by atoms with Gasteiger partial charge in [-0.3, -0.25) is 9.10 Å². The van der Waals surface area contributed by atoms with Crippen LogP contribution in [0.5, 0.6) is 0 Å². The SMILES string of the molecule is CCC[C@H](C)NC(=O)c1ccccc1N(C)S(C)(=O)=O. The Hall–Kier alpha value is -1.56. The molecule has 0 aromatic heterocycles. The second-order valence-electron chi connectivity index (χ2n) is 4.91. The smallest absolute Gasteiger partial charge is 0.253 e. The number of nitrogens with one attached hydrogen (secondary N) is 1. The molecule has 20 heavy (non-hydrogen) atoms. The van der Waals surface area contributed by atoms with E-state index in [1.54, 1.807) is 24.3 Å². The van der Waals surface area contributed by atoms with Crippen molar-refractivity contribution in [1.82, 2.24) is 5.32 Å². The van der Waals surface area contributed by atoms with E-state index in [0.29, 0.717) is 11.3 Å². The molecule has 112 valence electrons. The zero-order valence-corrected chi connectivity index (χ0v) is 13.2. The number of hydrogen-bond acceptors (Lipinski definition) is 3. The Labute approximate surface area is 121 Å². The summed E-state index contributed by atoms with van der Waals surface area (Å²) in [5, 5.41) is 2.88. The van der Waals surface area contributed by atoms with Crippen molar-refractivity contribution in [1.29, 1.82) is 0 Å². The third-order valence-electron chi connectivity index (χ3n) is 3.08. The Balaban J connectivity index is 3.05. The van der Waals surface area contributed by atoms with Crippen LogP contribution in [0.4, 0.5) is 5.69 Å². The van der Waals surface area contributed by atoms with Gasteiger partial charge in [0.15, 0.2) is 0 Å². The van der Waals surface area contributed by atoms with Crippen molar-refractivity contribution in [2.45, 2.75) is 32.7 Å². The zero-order chi connectivity index (χ0) is 15.3. The minimum Gasteiger partial charge on any atom is -0.350 e. The highest BCUT2D eigenvalue weighted by molar-refractivity contribution is 7.92. The Morgan fingerprint density at radius 1 is 1.35 bits per heavy atom. The molecule has 0 fully saturated rings. The molecule has 1 atom stereocenters. The van der Waals surface area contributed by atoms with E-state index in [1.807, 2.05) is 13.8 Å². The average Bonchev–Trinajstić information content (AvgIpc) is 2.37. The number of amides is 1. The number of hydrogen-bond donors (Lipinski definition) is 1. The molecule has 1 aromatic carbocycles. The van der Waals surface area contributed by atoms with E-state index in [0.717, 1.165) is 23.4 Å². The van der Waals surface area contributed by atoms with Gasteiger partial charge >= 0.3 is 0 Å². The van der Waals surface area contributed by atoms with E-state index < -0.39 is 10.0 Å². The first-order valence-corrected chi connectivity index (χ1v) is 8.46. The number of sulfonamides is 1. The summed E-state index contributed by atoms with van der Waals surface area (Å²) in [5.74, 6) is -0.253. The molecular weight excluding hydrogens is 276 g/mol. The molecule has 6 heteroatoms. The monoisotopic (exact) mass is 298 g/mol. The van der Waals surface area contributed by atoms with Gasteiger partial charge in [0.1, 0.15) is 0 Å². The normalized spacial score (nSPS) is 12.8. The Morgan fingerprint density at radius 3 is 2.50 bits per heavy atom. The minimum atomic E-state index is -3.40. The largest absolute Gasteiger partial charge is 0.350 e. The second kappa shape index (κ2) is 6.74. The molecule has 0 unspecified atom stereocenters. The van der Waals surface area contributed by atoms with Gasteiger partial charge in [-0.25, -0.2) is 8.42 Å². The fourth-order valence-electron chi connectivity index (χ4n) is 1.93. The summed E-state index contributed by atoms with van der Waals surface area (Å²) in [6.45, 7) is 3.98. The lowest BCUT2D eigenvalue weighted by Gasteiger charge is -2.21. The van der Waals surface area contributed by atoms with Crippen LogP contribution in [0, 0.1) is 0 Å². The Kier molecular flexibility index (Phi) is 5.56. The maximum Gasteiger partial charge on any atom is 0.253 e. The zero-order valence-electron chi connectivity index (χ0n) is 12.4. The molecule has 1 amide bonds. The minimum absolute atomic E-state index is 0.0593. The number of benzene rings is 1. The summed E-state index contributed by atoms with van der Waals surface area (Å²) in [6, 6.07) is 6.75. The van der Waals surface area contributed by atoms with Crippen molar-refractivity contribution in [3.05, 3.63) is 29.8 Å². The summed E-state index contributed by atoms with van der Waals surface area (Å²) < 4.78 is 24.4.